The van der Waals surface area contributed by atoms with Crippen LogP contribution >= 0.6 is 0 Å². The van der Waals surface area contributed by atoms with Crippen molar-refractivity contribution in [1.82, 2.24) is 4.90 Å². The topological polar surface area (TPSA) is 49.8 Å². The van der Waals surface area contributed by atoms with Crippen molar-refractivity contribution < 1.29 is 14.6 Å². The summed E-state index contributed by atoms with van der Waals surface area (Å²) in [6.45, 7) is 6.14. The Morgan fingerprint density at radius 3 is 2.75 bits per heavy atom. The second kappa shape index (κ2) is 6.37. The van der Waals surface area contributed by atoms with Crippen molar-refractivity contribution in [1.29, 1.82) is 0 Å². The van der Waals surface area contributed by atoms with Gasteiger partial charge in [-0.05, 0) is 18.9 Å². The van der Waals surface area contributed by atoms with Crippen LogP contribution in [0.25, 0.3) is 0 Å². The Kier molecular flexibility index (Phi) is 4.78. The fourth-order valence-corrected chi connectivity index (χ4v) is 2.53. The molecule has 20 heavy (non-hydrogen) atoms. The van der Waals surface area contributed by atoms with Crippen LogP contribution in [0.4, 0.5) is 0 Å². The molecule has 0 aliphatic carbocycles. The van der Waals surface area contributed by atoms with Gasteiger partial charge in [-0.15, -0.1) is 0 Å². The van der Waals surface area contributed by atoms with E-state index >= 15 is 0 Å². The van der Waals surface area contributed by atoms with Gasteiger partial charge >= 0.3 is 5.97 Å². The molecule has 1 aliphatic rings. The van der Waals surface area contributed by atoms with Crippen LogP contribution in [-0.4, -0.2) is 41.2 Å². The summed E-state index contributed by atoms with van der Waals surface area (Å²) in [6.07, 6.45) is 0.763. The van der Waals surface area contributed by atoms with Crippen LogP contribution in [0.3, 0.4) is 0 Å². The maximum atomic E-state index is 12.0. The molecular formula is C16H23NO3. The number of ether oxygens (including phenoxy) is 1. The fourth-order valence-electron chi connectivity index (χ4n) is 2.53. The number of carbonyl (C=O) groups excluding carboxylic acids is 1. The fraction of sp³-hybridized carbons (Fsp3) is 0.562. The van der Waals surface area contributed by atoms with Crippen LogP contribution in [0.2, 0.25) is 0 Å². The van der Waals surface area contributed by atoms with E-state index in [1.165, 1.54) is 0 Å². The highest BCUT2D eigenvalue weighted by molar-refractivity contribution is 5.72. The van der Waals surface area contributed by atoms with Crippen molar-refractivity contribution in [2.24, 2.45) is 5.92 Å². The van der Waals surface area contributed by atoms with Gasteiger partial charge in [-0.3, -0.25) is 9.69 Å². The molecule has 2 unspecified atom stereocenters. The molecule has 0 spiro atoms. The predicted octanol–water partition coefficient (Wildman–Crippen LogP) is 1.82. The number of carbonyl (C=O) groups is 1. The number of aliphatic hydroxyl groups is 1. The van der Waals surface area contributed by atoms with Gasteiger partial charge < -0.3 is 9.84 Å². The van der Waals surface area contributed by atoms with E-state index in [4.69, 9.17) is 4.74 Å². The third-order valence-electron chi connectivity index (χ3n) is 3.69. The molecule has 1 fully saturated rings. The highest BCUT2D eigenvalue weighted by atomic mass is 16.5. The summed E-state index contributed by atoms with van der Waals surface area (Å²) < 4.78 is 5.32. The Hall–Kier alpha value is -1.39. The smallest absolute Gasteiger partial charge is 0.310 e. The molecule has 1 aromatic carbocycles. The molecule has 2 atom stereocenters. The average Bonchev–Trinajstić information content (AvgIpc) is 2.76. The van der Waals surface area contributed by atoms with Crippen LogP contribution in [0.15, 0.2) is 30.3 Å². The summed E-state index contributed by atoms with van der Waals surface area (Å²) in [5.41, 5.74) is 0.380. The highest BCUT2D eigenvalue weighted by Crippen LogP contribution is 2.21. The summed E-state index contributed by atoms with van der Waals surface area (Å²) in [4.78, 5) is 14.1. The summed E-state index contributed by atoms with van der Waals surface area (Å²) in [7, 11) is 0. The van der Waals surface area contributed by atoms with Gasteiger partial charge in [-0.2, -0.15) is 0 Å². The second-order valence-corrected chi connectivity index (χ2v) is 5.98. The van der Waals surface area contributed by atoms with E-state index in [2.05, 4.69) is 4.90 Å². The molecule has 1 saturated heterocycles. The molecular weight excluding hydrogens is 254 g/mol. The maximum absolute atomic E-state index is 12.0. The Morgan fingerprint density at radius 2 is 2.15 bits per heavy atom. The Balaban J connectivity index is 1.75. The normalized spacial score (nSPS) is 24.6. The minimum Gasteiger partial charge on any atom is -0.461 e. The Bertz CT molecular complexity index is 444. The lowest BCUT2D eigenvalue weighted by molar-refractivity contribution is -0.149. The summed E-state index contributed by atoms with van der Waals surface area (Å²) in [5, 5.41) is 9.91. The van der Waals surface area contributed by atoms with E-state index in [-0.39, 0.29) is 11.9 Å². The standard InChI is InChI=1S/C16H23NO3/c1-13(10-17-9-8-16(2,19)12-17)15(18)20-11-14-6-4-3-5-7-14/h3-7,13,19H,8-12H2,1-2H3. The van der Waals surface area contributed by atoms with Crippen molar-refractivity contribution in [2.75, 3.05) is 19.6 Å². The van der Waals surface area contributed by atoms with Gasteiger partial charge in [0.05, 0.1) is 11.5 Å². The SMILES string of the molecule is CC(CN1CCC(C)(O)C1)C(=O)OCc1ccccc1. The van der Waals surface area contributed by atoms with Crippen molar-refractivity contribution in [3.05, 3.63) is 35.9 Å². The molecule has 0 amide bonds. The number of β-amino-alcohol motifs (C(OH)–C–C–N with tert-alkyl or cyclic N) is 1. The van der Waals surface area contributed by atoms with Crippen LogP contribution < -0.4 is 0 Å². The zero-order valence-electron chi connectivity index (χ0n) is 12.2. The lowest BCUT2D eigenvalue weighted by atomic mass is 10.1. The highest BCUT2D eigenvalue weighted by Gasteiger charge is 2.32. The first-order valence-corrected chi connectivity index (χ1v) is 7.11. The van der Waals surface area contributed by atoms with Gasteiger partial charge in [0.25, 0.3) is 0 Å². The molecule has 4 heteroatoms. The maximum Gasteiger partial charge on any atom is 0.310 e. The number of esters is 1. The zero-order valence-corrected chi connectivity index (χ0v) is 12.2. The van der Waals surface area contributed by atoms with Crippen LogP contribution in [-0.2, 0) is 16.1 Å². The number of nitrogens with zero attached hydrogens (tertiary/aromatic N) is 1. The third kappa shape index (κ3) is 4.32. The first-order chi connectivity index (χ1) is 9.46. The number of hydrogen-bond acceptors (Lipinski definition) is 4. The Morgan fingerprint density at radius 1 is 1.45 bits per heavy atom. The van der Waals surface area contributed by atoms with E-state index < -0.39 is 5.60 Å². The van der Waals surface area contributed by atoms with Crippen molar-refractivity contribution in [2.45, 2.75) is 32.5 Å². The number of hydrogen-bond donors (Lipinski definition) is 1. The van der Waals surface area contributed by atoms with Gasteiger partial charge in [0.15, 0.2) is 0 Å². The first-order valence-electron chi connectivity index (χ1n) is 7.11. The first kappa shape index (κ1) is 15.0. The lowest BCUT2D eigenvalue weighted by Gasteiger charge is -2.21. The van der Waals surface area contributed by atoms with E-state index in [9.17, 15) is 9.90 Å². The predicted molar refractivity (Wildman–Crippen MR) is 77.1 cm³/mol. The molecule has 0 saturated carbocycles. The quantitative estimate of drug-likeness (QED) is 0.834. The number of rotatable bonds is 5. The molecule has 1 aromatic rings. The van der Waals surface area contributed by atoms with Crippen LogP contribution in [0.1, 0.15) is 25.8 Å². The molecule has 0 radical (unpaired) electrons. The second-order valence-electron chi connectivity index (χ2n) is 5.98. The molecule has 1 heterocycles. The number of likely N-dealkylation sites (tertiary alicyclic amines) is 1. The van der Waals surface area contributed by atoms with E-state index in [0.717, 1.165) is 18.5 Å². The zero-order chi connectivity index (χ0) is 14.6. The summed E-state index contributed by atoms with van der Waals surface area (Å²) in [5.74, 6) is -0.354. The molecule has 0 bridgehead atoms. The minimum absolute atomic E-state index is 0.174. The third-order valence-corrected chi connectivity index (χ3v) is 3.69. The molecule has 110 valence electrons. The average molecular weight is 277 g/mol. The van der Waals surface area contributed by atoms with Gasteiger partial charge in [-0.25, -0.2) is 0 Å². The molecule has 1 N–H and O–H groups in total. The van der Waals surface area contributed by atoms with E-state index in [1.807, 2.05) is 44.2 Å². The van der Waals surface area contributed by atoms with Gasteiger partial charge in [0.2, 0.25) is 0 Å². The number of benzene rings is 1. The van der Waals surface area contributed by atoms with Gasteiger partial charge in [0.1, 0.15) is 6.61 Å². The summed E-state index contributed by atoms with van der Waals surface area (Å²) in [6, 6.07) is 9.68. The summed E-state index contributed by atoms with van der Waals surface area (Å²) >= 11 is 0. The Labute approximate surface area is 120 Å². The van der Waals surface area contributed by atoms with Crippen molar-refractivity contribution in [3.63, 3.8) is 0 Å². The van der Waals surface area contributed by atoms with Crippen LogP contribution in [0.5, 0.6) is 0 Å². The molecule has 0 aromatic heterocycles. The van der Waals surface area contributed by atoms with Crippen molar-refractivity contribution >= 4 is 5.97 Å². The molecule has 4 nitrogen and oxygen atoms in total. The van der Waals surface area contributed by atoms with Crippen molar-refractivity contribution in [3.8, 4) is 0 Å². The monoisotopic (exact) mass is 277 g/mol. The largest absolute Gasteiger partial charge is 0.461 e. The molecule has 1 aliphatic heterocycles. The van der Waals surface area contributed by atoms with Gasteiger partial charge in [-0.1, -0.05) is 37.3 Å². The van der Waals surface area contributed by atoms with Gasteiger partial charge in [0, 0.05) is 19.6 Å². The van der Waals surface area contributed by atoms with Crippen LogP contribution in [0, 0.1) is 5.92 Å². The molecule has 2 rings (SSSR count). The lowest BCUT2D eigenvalue weighted by Crippen LogP contribution is -2.34. The van der Waals surface area contributed by atoms with E-state index in [1.54, 1.807) is 0 Å². The minimum atomic E-state index is -0.617. The van der Waals surface area contributed by atoms with E-state index in [0.29, 0.717) is 19.7 Å².